The Morgan fingerprint density at radius 1 is 1.03 bits per heavy atom. The van der Waals surface area contributed by atoms with Crippen LogP contribution in [0.3, 0.4) is 0 Å². The highest BCUT2D eigenvalue weighted by Gasteiger charge is 2.37. The molecular formula is C26H27N3O3. The summed E-state index contributed by atoms with van der Waals surface area (Å²) >= 11 is 0. The van der Waals surface area contributed by atoms with Crippen molar-refractivity contribution in [3.63, 3.8) is 0 Å². The van der Waals surface area contributed by atoms with E-state index in [2.05, 4.69) is 42.1 Å². The average Bonchev–Trinajstić information content (AvgIpc) is 3.10. The van der Waals surface area contributed by atoms with Gasteiger partial charge in [0.15, 0.2) is 0 Å². The zero-order chi connectivity index (χ0) is 22.8. The first-order valence-corrected chi connectivity index (χ1v) is 10.7. The fourth-order valence-electron chi connectivity index (χ4n) is 4.22. The third-order valence-electron chi connectivity index (χ3n) is 6.07. The van der Waals surface area contributed by atoms with Gasteiger partial charge in [0, 0.05) is 36.0 Å². The Kier molecular flexibility index (Phi) is 5.95. The van der Waals surface area contributed by atoms with Crippen molar-refractivity contribution in [2.75, 3.05) is 11.9 Å². The SMILES string of the molecule is CC1=C[C@@H](N(C)c2ccccc2)[C@H](C)[C@H]1Oc1ncc(C)c(=O)n1C(=O)c1ccccc1. The molecule has 6 nitrogen and oxygen atoms in total. The first-order valence-electron chi connectivity index (χ1n) is 10.7. The second-order valence-corrected chi connectivity index (χ2v) is 8.28. The third-order valence-corrected chi connectivity index (χ3v) is 6.07. The Labute approximate surface area is 187 Å². The number of carbonyl (C=O) groups excluding carboxylic acids is 1. The van der Waals surface area contributed by atoms with E-state index in [1.165, 1.54) is 6.20 Å². The van der Waals surface area contributed by atoms with E-state index >= 15 is 0 Å². The number of likely N-dealkylation sites (N-methyl/N-ethyl adjacent to an activating group) is 1. The second kappa shape index (κ2) is 8.83. The van der Waals surface area contributed by atoms with Crippen LogP contribution in [-0.2, 0) is 0 Å². The zero-order valence-electron chi connectivity index (χ0n) is 18.7. The van der Waals surface area contributed by atoms with E-state index in [0.29, 0.717) is 11.1 Å². The number of nitrogens with zero attached hydrogens (tertiary/aromatic N) is 3. The molecule has 1 heterocycles. The molecule has 1 aliphatic rings. The molecule has 0 unspecified atom stereocenters. The van der Waals surface area contributed by atoms with Crippen LogP contribution in [0.25, 0.3) is 0 Å². The van der Waals surface area contributed by atoms with Crippen LogP contribution in [0.2, 0.25) is 0 Å². The number of rotatable bonds is 5. The summed E-state index contributed by atoms with van der Waals surface area (Å²) in [5.41, 5.74) is 2.52. The molecule has 1 aliphatic carbocycles. The normalized spacial score (nSPS) is 20.0. The quantitative estimate of drug-likeness (QED) is 0.572. The van der Waals surface area contributed by atoms with Crippen molar-refractivity contribution in [1.29, 1.82) is 0 Å². The molecule has 0 amide bonds. The smallest absolute Gasteiger partial charge is 0.307 e. The van der Waals surface area contributed by atoms with E-state index in [1.54, 1.807) is 31.2 Å². The summed E-state index contributed by atoms with van der Waals surface area (Å²) in [4.78, 5) is 32.6. The van der Waals surface area contributed by atoms with Gasteiger partial charge in [0.05, 0.1) is 6.04 Å². The Bertz CT molecular complexity index is 1200. The molecular weight excluding hydrogens is 402 g/mol. The van der Waals surface area contributed by atoms with Crippen molar-refractivity contribution in [1.82, 2.24) is 9.55 Å². The lowest BCUT2D eigenvalue weighted by Crippen LogP contribution is -2.39. The molecule has 0 aliphatic heterocycles. The molecule has 3 aromatic rings. The van der Waals surface area contributed by atoms with Gasteiger partial charge in [-0.2, -0.15) is 4.57 Å². The van der Waals surface area contributed by atoms with Gasteiger partial charge in [0.2, 0.25) is 0 Å². The molecule has 32 heavy (non-hydrogen) atoms. The van der Waals surface area contributed by atoms with Crippen molar-refractivity contribution in [3.05, 3.63) is 100.0 Å². The summed E-state index contributed by atoms with van der Waals surface area (Å²) < 4.78 is 7.30. The third kappa shape index (κ3) is 3.96. The van der Waals surface area contributed by atoms with Crippen molar-refractivity contribution in [2.45, 2.75) is 32.9 Å². The Morgan fingerprint density at radius 2 is 1.66 bits per heavy atom. The molecule has 0 saturated carbocycles. The molecule has 4 rings (SSSR count). The summed E-state index contributed by atoms with van der Waals surface area (Å²) in [7, 11) is 2.06. The minimum absolute atomic E-state index is 0.0158. The number of ether oxygens (including phenoxy) is 1. The molecule has 164 valence electrons. The highest BCUT2D eigenvalue weighted by atomic mass is 16.5. The molecule has 0 spiro atoms. The number of anilines is 1. The van der Waals surface area contributed by atoms with Gasteiger partial charge < -0.3 is 9.64 Å². The fourth-order valence-corrected chi connectivity index (χ4v) is 4.22. The molecule has 0 bridgehead atoms. The fraction of sp³-hybridized carbons (Fsp3) is 0.269. The maximum Gasteiger partial charge on any atom is 0.307 e. The number of para-hydroxylation sites is 1. The topological polar surface area (TPSA) is 64.4 Å². The van der Waals surface area contributed by atoms with Crippen LogP contribution in [0.15, 0.2) is 83.3 Å². The monoisotopic (exact) mass is 429 g/mol. The molecule has 6 heteroatoms. The maximum absolute atomic E-state index is 13.2. The zero-order valence-corrected chi connectivity index (χ0v) is 18.7. The van der Waals surface area contributed by atoms with Gasteiger partial charge in [-0.15, -0.1) is 0 Å². The predicted molar refractivity (Wildman–Crippen MR) is 125 cm³/mol. The highest BCUT2D eigenvalue weighted by Crippen LogP contribution is 2.33. The van der Waals surface area contributed by atoms with E-state index < -0.39 is 11.5 Å². The minimum Gasteiger partial charge on any atom is -0.456 e. The number of hydrogen-bond donors (Lipinski definition) is 0. The van der Waals surface area contributed by atoms with Gasteiger partial charge >= 0.3 is 6.01 Å². The summed E-state index contributed by atoms with van der Waals surface area (Å²) in [6.07, 6.45) is 3.33. The number of benzene rings is 2. The lowest BCUT2D eigenvalue weighted by Gasteiger charge is -2.31. The van der Waals surface area contributed by atoms with E-state index in [1.807, 2.05) is 31.2 Å². The van der Waals surface area contributed by atoms with Crippen LogP contribution in [0.1, 0.15) is 29.8 Å². The van der Waals surface area contributed by atoms with Crippen LogP contribution < -0.4 is 15.2 Å². The molecule has 0 saturated heterocycles. The summed E-state index contributed by atoms with van der Waals surface area (Å²) in [5.74, 6) is -0.370. The van der Waals surface area contributed by atoms with Gasteiger partial charge in [-0.3, -0.25) is 9.59 Å². The average molecular weight is 430 g/mol. The van der Waals surface area contributed by atoms with Crippen LogP contribution in [-0.4, -0.2) is 34.7 Å². The van der Waals surface area contributed by atoms with Crippen molar-refractivity contribution in [2.24, 2.45) is 5.92 Å². The van der Waals surface area contributed by atoms with E-state index in [4.69, 9.17) is 4.74 Å². The summed E-state index contributed by atoms with van der Waals surface area (Å²) in [5, 5.41) is 0. The van der Waals surface area contributed by atoms with E-state index in [0.717, 1.165) is 15.8 Å². The van der Waals surface area contributed by atoms with Gasteiger partial charge in [-0.1, -0.05) is 49.4 Å². The highest BCUT2D eigenvalue weighted by molar-refractivity contribution is 5.96. The second-order valence-electron chi connectivity index (χ2n) is 8.28. The molecule has 3 atom stereocenters. The van der Waals surface area contributed by atoms with E-state index in [-0.39, 0.29) is 24.1 Å². The van der Waals surface area contributed by atoms with Crippen LogP contribution >= 0.6 is 0 Å². The lowest BCUT2D eigenvalue weighted by atomic mass is 10.00. The van der Waals surface area contributed by atoms with Crippen LogP contribution in [0.4, 0.5) is 5.69 Å². The number of hydrogen-bond acceptors (Lipinski definition) is 5. The van der Waals surface area contributed by atoms with Gasteiger partial charge in [-0.25, -0.2) is 4.98 Å². The lowest BCUT2D eigenvalue weighted by molar-refractivity contribution is 0.0915. The molecule has 0 radical (unpaired) electrons. The Hall–Kier alpha value is -3.67. The van der Waals surface area contributed by atoms with Gasteiger partial charge in [0.25, 0.3) is 11.5 Å². The van der Waals surface area contributed by atoms with Crippen LogP contribution in [0, 0.1) is 12.8 Å². The molecule has 0 N–H and O–H groups in total. The first-order chi connectivity index (χ1) is 15.4. The summed E-state index contributed by atoms with van der Waals surface area (Å²) in [6, 6.07) is 19.0. The van der Waals surface area contributed by atoms with Crippen molar-refractivity contribution in [3.8, 4) is 6.01 Å². The van der Waals surface area contributed by atoms with Gasteiger partial charge in [0.1, 0.15) is 6.10 Å². The van der Waals surface area contributed by atoms with E-state index in [9.17, 15) is 9.59 Å². The maximum atomic E-state index is 13.2. The molecule has 2 aromatic carbocycles. The standard InChI is InChI=1S/C26H27N3O3/c1-17-15-22(28(4)21-13-9-6-10-14-21)19(3)23(17)32-26-27-16-18(2)24(30)29(26)25(31)20-11-7-5-8-12-20/h5-16,19,22-23H,1-4H3/t19-,22+,23-/m0/s1. The number of aromatic nitrogens is 2. The molecule has 1 aromatic heterocycles. The number of aryl methyl sites for hydroxylation is 1. The Morgan fingerprint density at radius 3 is 2.31 bits per heavy atom. The predicted octanol–water partition coefficient (Wildman–Crippen LogP) is 4.09. The number of carbonyl (C=O) groups is 1. The van der Waals surface area contributed by atoms with Crippen molar-refractivity contribution < 1.29 is 9.53 Å². The van der Waals surface area contributed by atoms with Crippen LogP contribution in [0.5, 0.6) is 6.01 Å². The Balaban J connectivity index is 1.65. The van der Waals surface area contributed by atoms with Crippen molar-refractivity contribution >= 4 is 11.6 Å². The molecule has 0 fully saturated rings. The summed E-state index contributed by atoms with van der Waals surface area (Å²) in [6.45, 7) is 5.76. The van der Waals surface area contributed by atoms with Gasteiger partial charge in [-0.05, 0) is 43.7 Å². The minimum atomic E-state index is -0.452. The first kappa shape index (κ1) is 21.6. The largest absolute Gasteiger partial charge is 0.456 e.